The van der Waals surface area contributed by atoms with Crippen molar-refractivity contribution in [2.24, 2.45) is 0 Å². The van der Waals surface area contributed by atoms with Crippen molar-refractivity contribution in [3.8, 4) is 0 Å². The van der Waals surface area contributed by atoms with E-state index in [4.69, 9.17) is 4.98 Å². The zero-order valence-electron chi connectivity index (χ0n) is 14.3. The van der Waals surface area contributed by atoms with Crippen LogP contribution < -0.4 is 4.90 Å². The Hall–Kier alpha value is -1.94. The van der Waals surface area contributed by atoms with Gasteiger partial charge in [0.2, 0.25) is 0 Å². The van der Waals surface area contributed by atoms with Crippen LogP contribution in [0.3, 0.4) is 0 Å². The molecule has 2 aliphatic rings. The van der Waals surface area contributed by atoms with Crippen LogP contribution in [-0.4, -0.2) is 47.1 Å². The molecule has 4 rings (SSSR count). The molecule has 0 saturated carbocycles. The average Bonchev–Trinajstić information content (AvgIpc) is 3.18. The minimum atomic E-state index is 0.786. The molecule has 2 fully saturated rings. The van der Waals surface area contributed by atoms with E-state index in [9.17, 15) is 0 Å². The largest absolute Gasteiger partial charge is 0.356 e. The van der Waals surface area contributed by atoms with Gasteiger partial charge in [0.15, 0.2) is 0 Å². The van der Waals surface area contributed by atoms with Crippen molar-refractivity contribution < 1.29 is 0 Å². The van der Waals surface area contributed by atoms with Crippen molar-refractivity contribution >= 4 is 5.82 Å². The molecule has 2 saturated heterocycles. The molecule has 0 amide bonds. The lowest BCUT2D eigenvalue weighted by Gasteiger charge is -2.37. The van der Waals surface area contributed by atoms with E-state index in [1.54, 1.807) is 0 Å². The van der Waals surface area contributed by atoms with Crippen molar-refractivity contribution in [1.82, 2.24) is 14.9 Å². The normalized spacial score (nSPS) is 19.8. The fraction of sp³-hybridized carbons (Fsp3) is 0.500. The first-order valence-corrected chi connectivity index (χ1v) is 9.23. The van der Waals surface area contributed by atoms with E-state index >= 15 is 0 Å². The van der Waals surface area contributed by atoms with Gasteiger partial charge in [0, 0.05) is 31.7 Å². The lowest BCUT2D eigenvalue weighted by atomic mass is 10.0. The zero-order chi connectivity index (χ0) is 16.2. The highest BCUT2D eigenvalue weighted by molar-refractivity contribution is 5.38. The molecule has 2 aromatic rings. The average molecular weight is 322 g/mol. The van der Waals surface area contributed by atoms with Crippen molar-refractivity contribution in [2.75, 3.05) is 31.1 Å². The molecule has 1 aromatic heterocycles. The van der Waals surface area contributed by atoms with Gasteiger partial charge in [-0.15, -0.1) is 0 Å². The van der Waals surface area contributed by atoms with Crippen LogP contribution in [0, 0.1) is 0 Å². The van der Waals surface area contributed by atoms with E-state index in [0.717, 1.165) is 37.2 Å². The van der Waals surface area contributed by atoms with Crippen molar-refractivity contribution in [3.05, 3.63) is 54.0 Å². The maximum Gasteiger partial charge on any atom is 0.135 e. The number of anilines is 1. The van der Waals surface area contributed by atoms with Gasteiger partial charge in [-0.3, -0.25) is 0 Å². The summed E-state index contributed by atoms with van der Waals surface area (Å²) in [7, 11) is 0. The molecular weight excluding hydrogens is 296 g/mol. The van der Waals surface area contributed by atoms with Crippen LogP contribution in [0.2, 0.25) is 0 Å². The number of likely N-dealkylation sites (tertiary alicyclic amines) is 1. The van der Waals surface area contributed by atoms with Crippen LogP contribution in [0.15, 0.2) is 42.6 Å². The summed E-state index contributed by atoms with van der Waals surface area (Å²) >= 11 is 0. The van der Waals surface area contributed by atoms with Crippen molar-refractivity contribution in [1.29, 1.82) is 0 Å². The van der Waals surface area contributed by atoms with Gasteiger partial charge in [0.05, 0.1) is 0 Å². The Morgan fingerprint density at radius 3 is 2.42 bits per heavy atom. The smallest absolute Gasteiger partial charge is 0.135 e. The molecule has 4 nitrogen and oxygen atoms in total. The predicted molar refractivity (Wildman–Crippen MR) is 97.3 cm³/mol. The van der Waals surface area contributed by atoms with Crippen LogP contribution in [-0.2, 0) is 6.42 Å². The topological polar surface area (TPSA) is 32.3 Å². The summed E-state index contributed by atoms with van der Waals surface area (Å²) in [6, 6.07) is 13.3. The van der Waals surface area contributed by atoms with E-state index in [0.29, 0.717) is 0 Å². The summed E-state index contributed by atoms with van der Waals surface area (Å²) < 4.78 is 0. The molecule has 0 radical (unpaired) electrons. The predicted octanol–water partition coefficient (Wildman–Crippen LogP) is 3.13. The first-order chi connectivity index (χ1) is 11.9. The van der Waals surface area contributed by atoms with Gasteiger partial charge in [0.1, 0.15) is 11.6 Å². The molecule has 2 aliphatic heterocycles. The highest BCUT2D eigenvalue weighted by Crippen LogP contribution is 2.24. The minimum Gasteiger partial charge on any atom is -0.356 e. The molecule has 1 aromatic carbocycles. The Kier molecular flexibility index (Phi) is 4.74. The number of hydrogen-bond donors (Lipinski definition) is 0. The fourth-order valence-corrected chi connectivity index (χ4v) is 3.99. The van der Waals surface area contributed by atoms with Crippen LogP contribution in [0.25, 0.3) is 0 Å². The third kappa shape index (κ3) is 3.59. The van der Waals surface area contributed by atoms with E-state index in [-0.39, 0.29) is 0 Å². The highest BCUT2D eigenvalue weighted by Gasteiger charge is 2.26. The third-order valence-corrected chi connectivity index (χ3v) is 5.34. The lowest BCUT2D eigenvalue weighted by Crippen LogP contribution is -2.44. The van der Waals surface area contributed by atoms with Crippen LogP contribution in [0.4, 0.5) is 5.82 Å². The summed E-state index contributed by atoms with van der Waals surface area (Å²) in [6.45, 7) is 4.84. The Bertz CT molecular complexity index is 644. The first-order valence-electron chi connectivity index (χ1n) is 9.23. The van der Waals surface area contributed by atoms with E-state index in [1.165, 1.54) is 44.3 Å². The Labute approximate surface area is 144 Å². The molecule has 126 valence electrons. The Balaban J connectivity index is 1.39. The maximum atomic E-state index is 4.82. The van der Waals surface area contributed by atoms with Crippen LogP contribution in [0.5, 0.6) is 0 Å². The zero-order valence-corrected chi connectivity index (χ0v) is 14.3. The molecule has 0 spiro atoms. The molecule has 4 heteroatoms. The van der Waals surface area contributed by atoms with Crippen molar-refractivity contribution in [2.45, 2.75) is 38.1 Å². The number of rotatable bonds is 4. The molecule has 0 N–H and O–H groups in total. The van der Waals surface area contributed by atoms with E-state index in [2.05, 4.69) is 45.1 Å². The highest BCUT2D eigenvalue weighted by atomic mass is 15.2. The number of nitrogens with zero attached hydrogens (tertiary/aromatic N) is 4. The molecule has 24 heavy (non-hydrogen) atoms. The number of piperidine rings is 1. The monoisotopic (exact) mass is 322 g/mol. The molecule has 3 heterocycles. The Morgan fingerprint density at radius 1 is 0.917 bits per heavy atom. The van der Waals surface area contributed by atoms with E-state index in [1.807, 2.05) is 12.3 Å². The minimum absolute atomic E-state index is 0.786. The summed E-state index contributed by atoms with van der Waals surface area (Å²) in [5, 5.41) is 0. The molecule has 0 aliphatic carbocycles. The van der Waals surface area contributed by atoms with Gasteiger partial charge >= 0.3 is 0 Å². The second-order valence-electron chi connectivity index (χ2n) is 6.95. The van der Waals surface area contributed by atoms with Gasteiger partial charge in [-0.2, -0.15) is 0 Å². The first kappa shape index (κ1) is 15.6. The summed E-state index contributed by atoms with van der Waals surface area (Å²) in [5.41, 5.74) is 1.27. The maximum absolute atomic E-state index is 4.82. The van der Waals surface area contributed by atoms with Gasteiger partial charge in [-0.25, -0.2) is 9.97 Å². The second-order valence-corrected chi connectivity index (χ2v) is 6.95. The third-order valence-electron chi connectivity index (χ3n) is 5.34. The standard InChI is InChI=1S/C20H26N4/c1-2-6-17(7-3-1)16-19-21-11-8-20(22-19)24-14-9-18(10-15-24)23-12-4-5-13-23/h1-3,6-8,11,18H,4-5,9-10,12-16H2. The van der Waals surface area contributed by atoms with Gasteiger partial charge < -0.3 is 9.80 Å². The number of benzene rings is 1. The van der Waals surface area contributed by atoms with Crippen LogP contribution >= 0.6 is 0 Å². The molecule has 0 bridgehead atoms. The van der Waals surface area contributed by atoms with Crippen LogP contribution in [0.1, 0.15) is 37.1 Å². The Morgan fingerprint density at radius 2 is 1.67 bits per heavy atom. The SMILES string of the molecule is c1ccc(Cc2nccc(N3CCC(N4CCCC4)CC3)n2)cc1. The molecule has 0 unspecified atom stereocenters. The summed E-state index contributed by atoms with van der Waals surface area (Å²) in [4.78, 5) is 14.4. The molecular formula is C20H26N4. The fourth-order valence-electron chi connectivity index (χ4n) is 3.99. The number of aromatic nitrogens is 2. The summed E-state index contributed by atoms with van der Waals surface area (Å²) in [6.07, 6.45) is 8.01. The molecule has 0 atom stereocenters. The van der Waals surface area contributed by atoms with E-state index < -0.39 is 0 Å². The second kappa shape index (κ2) is 7.31. The summed E-state index contributed by atoms with van der Waals surface area (Å²) in [5.74, 6) is 2.01. The van der Waals surface area contributed by atoms with Crippen molar-refractivity contribution in [3.63, 3.8) is 0 Å². The number of hydrogen-bond acceptors (Lipinski definition) is 4. The quantitative estimate of drug-likeness (QED) is 0.866. The van der Waals surface area contributed by atoms with Gasteiger partial charge in [-0.05, 0) is 50.4 Å². The lowest BCUT2D eigenvalue weighted by molar-refractivity contribution is 0.207. The van der Waals surface area contributed by atoms with Gasteiger partial charge in [-0.1, -0.05) is 30.3 Å². The van der Waals surface area contributed by atoms with Gasteiger partial charge in [0.25, 0.3) is 0 Å².